The van der Waals surface area contributed by atoms with Crippen LogP contribution in [0, 0.1) is 18.3 Å². The van der Waals surface area contributed by atoms with E-state index in [1.54, 1.807) is 6.33 Å². The average molecular weight is 248 g/mol. The number of aromatic nitrogens is 3. The molecule has 2 rings (SSSR count). The van der Waals surface area contributed by atoms with Crippen LogP contribution in [0.1, 0.15) is 52.3 Å². The maximum Gasteiger partial charge on any atom is 0.226 e. The standard InChI is InChI=1S/C14H24N4/c1-10-15-9-16-13(17-10)18-12-7-5-11(6-8-12)14(2,3)4/h9,11-12H,5-8H2,1-4H3,(H,15,16,17,18). The minimum absolute atomic E-state index is 0.439. The van der Waals surface area contributed by atoms with Crippen molar-refractivity contribution in [2.45, 2.75) is 59.4 Å². The van der Waals surface area contributed by atoms with Crippen LogP contribution in [0.2, 0.25) is 0 Å². The van der Waals surface area contributed by atoms with E-state index in [1.807, 2.05) is 6.92 Å². The SMILES string of the molecule is Cc1ncnc(NC2CCC(C(C)(C)C)CC2)n1. The van der Waals surface area contributed by atoms with E-state index < -0.39 is 0 Å². The summed E-state index contributed by atoms with van der Waals surface area (Å²) in [7, 11) is 0. The molecule has 18 heavy (non-hydrogen) atoms. The van der Waals surface area contributed by atoms with E-state index in [9.17, 15) is 0 Å². The summed E-state index contributed by atoms with van der Waals surface area (Å²) in [5.41, 5.74) is 0.439. The van der Waals surface area contributed by atoms with Crippen LogP contribution >= 0.6 is 0 Å². The molecule has 0 radical (unpaired) electrons. The maximum absolute atomic E-state index is 4.30. The zero-order valence-corrected chi connectivity index (χ0v) is 11.9. The third-order valence-electron chi connectivity index (χ3n) is 3.98. The smallest absolute Gasteiger partial charge is 0.226 e. The van der Waals surface area contributed by atoms with Gasteiger partial charge in [-0.1, -0.05) is 20.8 Å². The fourth-order valence-corrected chi connectivity index (χ4v) is 2.73. The average Bonchev–Trinajstić information content (AvgIpc) is 2.28. The van der Waals surface area contributed by atoms with Crippen molar-refractivity contribution in [2.24, 2.45) is 11.3 Å². The molecule has 0 bridgehead atoms. The Hall–Kier alpha value is -1.19. The van der Waals surface area contributed by atoms with Crippen molar-refractivity contribution >= 4 is 5.95 Å². The van der Waals surface area contributed by atoms with Crippen molar-refractivity contribution < 1.29 is 0 Å². The number of nitrogens with one attached hydrogen (secondary N) is 1. The van der Waals surface area contributed by atoms with Crippen LogP contribution in [0.4, 0.5) is 5.95 Å². The first-order valence-electron chi connectivity index (χ1n) is 6.87. The molecule has 0 aromatic carbocycles. The van der Waals surface area contributed by atoms with E-state index in [0.717, 1.165) is 17.7 Å². The predicted molar refractivity (Wildman–Crippen MR) is 73.4 cm³/mol. The summed E-state index contributed by atoms with van der Waals surface area (Å²) >= 11 is 0. The van der Waals surface area contributed by atoms with Crippen molar-refractivity contribution in [3.63, 3.8) is 0 Å². The molecule has 1 fully saturated rings. The van der Waals surface area contributed by atoms with Crippen molar-refractivity contribution in [1.29, 1.82) is 0 Å². The summed E-state index contributed by atoms with van der Waals surface area (Å²) < 4.78 is 0. The Balaban J connectivity index is 1.87. The van der Waals surface area contributed by atoms with E-state index in [2.05, 4.69) is 41.0 Å². The van der Waals surface area contributed by atoms with E-state index in [1.165, 1.54) is 25.7 Å². The zero-order valence-electron chi connectivity index (χ0n) is 11.9. The summed E-state index contributed by atoms with van der Waals surface area (Å²) in [5.74, 6) is 2.34. The largest absolute Gasteiger partial charge is 0.351 e. The van der Waals surface area contributed by atoms with Gasteiger partial charge in [0, 0.05) is 6.04 Å². The van der Waals surface area contributed by atoms with E-state index in [4.69, 9.17) is 0 Å². The molecular formula is C14H24N4. The van der Waals surface area contributed by atoms with Crippen molar-refractivity contribution in [3.8, 4) is 0 Å². The van der Waals surface area contributed by atoms with Gasteiger partial charge in [-0.15, -0.1) is 0 Å². The lowest BCUT2D eigenvalue weighted by Gasteiger charge is -2.37. The van der Waals surface area contributed by atoms with Crippen LogP contribution in [-0.2, 0) is 0 Å². The monoisotopic (exact) mass is 248 g/mol. The highest BCUT2D eigenvalue weighted by Crippen LogP contribution is 2.38. The highest BCUT2D eigenvalue weighted by Gasteiger charge is 2.29. The molecule has 1 heterocycles. The lowest BCUT2D eigenvalue weighted by Crippen LogP contribution is -2.32. The van der Waals surface area contributed by atoms with Gasteiger partial charge in [0.25, 0.3) is 0 Å². The molecule has 4 nitrogen and oxygen atoms in total. The lowest BCUT2D eigenvalue weighted by atomic mass is 9.71. The minimum Gasteiger partial charge on any atom is -0.351 e. The van der Waals surface area contributed by atoms with Gasteiger partial charge in [-0.05, 0) is 43.9 Å². The molecule has 1 aliphatic carbocycles. The number of hydrogen-bond donors (Lipinski definition) is 1. The Morgan fingerprint density at radius 3 is 2.33 bits per heavy atom. The van der Waals surface area contributed by atoms with Gasteiger partial charge in [0.15, 0.2) is 0 Å². The van der Waals surface area contributed by atoms with Gasteiger partial charge in [-0.2, -0.15) is 4.98 Å². The van der Waals surface area contributed by atoms with E-state index in [0.29, 0.717) is 11.5 Å². The minimum atomic E-state index is 0.439. The lowest BCUT2D eigenvalue weighted by molar-refractivity contribution is 0.173. The maximum atomic E-state index is 4.30. The van der Waals surface area contributed by atoms with Crippen LogP contribution < -0.4 is 5.32 Å². The van der Waals surface area contributed by atoms with Gasteiger partial charge in [-0.25, -0.2) is 9.97 Å². The van der Waals surface area contributed by atoms with Gasteiger partial charge >= 0.3 is 0 Å². The molecule has 1 aromatic rings. The fourth-order valence-electron chi connectivity index (χ4n) is 2.73. The molecule has 0 spiro atoms. The molecule has 0 unspecified atom stereocenters. The molecule has 1 aromatic heterocycles. The van der Waals surface area contributed by atoms with Gasteiger partial charge in [0.1, 0.15) is 12.2 Å². The first kappa shape index (κ1) is 13.2. The first-order chi connectivity index (χ1) is 8.45. The number of nitrogens with zero attached hydrogens (tertiary/aromatic N) is 3. The Kier molecular flexibility index (Phi) is 3.83. The molecule has 4 heteroatoms. The predicted octanol–water partition coefficient (Wildman–Crippen LogP) is 3.20. The van der Waals surface area contributed by atoms with E-state index >= 15 is 0 Å². The summed E-state index contributed by atoms with van der Waals surface area (Å²) in [6, 6.07) is 0.519. The summed E-state index contributed by atoms with van der Waals surface area (Å²) in [5, 5.41) is 3.43. The number of anilines is 1. The van der Waals surface area contributed by atoms with Crippen molar-refractivity contribution in [3.05, 3.63) is 12.2 Å². The zero-order chi connectivity index (χ0) is 13.2. The summed E-state index contributed by atoms with van der Waals surface area (Å²) in [4.78, 5) is 12.5. The van der Waals surface area contributed by atoms with Gasteiger partial charge in [0.2, 0.25) is 5.95 Å². The molecular weight excluding hydrogens is 224 g/mol. The van der Waals surface area contributed by atoms with Gasteiger partial charge < -0.3 is 5.32 Å². The quantitative estimate of drug-likeness (QED) is 0.873. The fraction of sp³-hybridized carbons (Fsp3) is 0.786. The van der Waals surface area contributed by atoms with Crippen LogP contribution in [0.15, 0.2) is 6.33 Å². The highest BCUT2D eigenvalue weighted by molar-refractivity contribution is 5.24. The van der Waals surface area contributed by atoms with Gasteiger partial charge in [0.05, 0.1) is 0 Å². The number of rotatable bonds is 2. The number of hydrogen-bond acceptors (Lipinski definition) is 4. The second kappa shape index (κ2) is 5.21. The van der Waals surface area contributed by atoms with E-state index in [-0.39, 0.29) is 0 Å². The molecule has 100 valence electrons. The molecule has 1 aliphatic rings. The van der Waals surface area contributed by atoms with Crippen LogP contribution in [-0.4, -0.2) is 21.0 Å². The van der Waals surface area contributed by atoms with Gasteiger partial charge in [-0.3, -0.25) is 0 Å². The normalized spacial score (nSPS) is 24.9. The Morgan fingerprint density at radius 1 is 1.11 bits per heavy atom. The second-order valence-corrected chi connectivity index (χ2v) is 6.42. The molecule has 1 saturated carbocycles. The molecule has 1 N–H and O–H groups in total. The van der Waals surface area contributed by atoms with Crippen LogP contribution in [0.3, 0.4) is 0 Å². The molecule has 0 aliphatic heterocycles. The molecule has 0 atom stereocenters. The first-order valence-corrected chi connectivity index (χ1v) is 6.87. The summed E-state index contributed by atoms with van der Waals surface area (Å²) in [6.07, 6.45) is 6.60. The van der Waals surface area contributed by atoms with Crippen LogP contribution in [0.5, 0.6) is 0 Å². The Labute approximate surface area is 110 Å². The highest BCUT2D eigenvalue weighted by atomic mass is 15.2. The molecule has 0 amide bonds. The third-order valence-corrected chi connectivity index (χ3v) is 3.98. The Bertz CT molecular complexity index is 389. The van der Waals surface area contributed by atoms with Crippen molar-refractivity contribution in [2.75, 3.05) is 5.32 Å². The second-order valence-electron chi connectivity index (χ2n) is 6.42. The van der Waals surface area contributed by atoms with Crippen molar-refractivity contribution in [1.82, 2.24) is 15.0 Å². The number of aryl methyl sites for hydroxylation is 1. The topological polar surface area (TPSA) is 50.7 Å². The third kappa shape index (κ3) is 3.40. The Morgan fingerprint density at radius 2 is 1.78 bits per heavy atom. The summed E-state index contributed by atoms with van der Waals surface area (Å²) in [6.45, 7) is 8.94. The molecule has 0 saturated heterocycles. The van der Waals surface area contributed by atoms with Crippen LogP contribution in [0.25, 0.3) is 0 Å².